The molecule has 9 atom stereocenters. The van der Waals surface area contributed by atoms with Crippen molar-refractivity contribution in [2.24, 2.45) is 51.2 Å². The average molecular weight is 431 g/mol. The molecule has 0 spiro atoms. The second-order valence-corrected chi connectivity index (χ2v) is 13.3. The highest BCUT2D eigenvalue weighted by molar-refractivity contribution is 5.76. The molecule has 5 rings (SSSR count). The Morgan fingerprint density at radius 1 is 0.774 bits per heavy atom. The van der Waals surface area contributed by atoms with Crippen LogP contribution in [0.15, 0.2) is 0 Å². The topological polar surface area (TPSA) is 37.3 Å². The Kier molecular flexibility index (Phi) is 6.13. The summed E-state index contributed by atoms with van der Waals surface area (Å²) in [7, 11) is 0. The first-order valence-electron chi connectivity index (χ1n) is 13.8. The maximum atomic E-state index is 12.4. The molecule has 0 aromatic carbocycles. The molecule has 0 aromatic rings. The molecule has 5 saturated carbocycles. The minimum atomic E-state index is -0.471. The zero-order chi connectivity index (χ0) is 22.7. The molecule has 2 heteroatoms. The van der Waals surface area contributed by atoms with Crippen LogP contribution in [-0.2, 0) is 4.79 Å². The number of rotatable bonds is 1. The summed E-state index contributed by atoms with van der Waals surface area (Å²) in [5.41, 5.74) is 0.896. The highest BCUT2D eigenvalue weighted by Crippen LogP contribution is 2.75. The summed E-state index contributed by atoms with van der Waals surface area (Å²) in [6.07, 6.45) is 16.4. The maximum Gasteiger partial charge on any atom is 0.309 e. The molecule has 31 heavy (non-hydrogen) atoms. The van der Waals surface area contributed by atoms with E-state index in [1.807, 2.05) is 0 Å². The van der Waals surface area contributed by atoms with E-state index in [-0.39, 0.29) is 5.41 Å². The SMILES string of the molecule is CC1CCCC2(C)C1CCC1(C)C2CCC2C3CCCC3(C(=O)O)CC[C@]21C.CCC. The van der Waals surface area contributed by atoms with Gasteiger partial charge in [-0.2, -0.15) is 0 Å². The molecule has 178 valence electrons. The standard InChI is InChI=1S/C26H42O2.C3H8/c1-17-7-5-12-23(2)18(17)11-14-25(4)21(23)10-9-19-20-8-6-13-26(20,22(27)28)16-15-24(19,25)3;1-3-2/h17-21H,5-16H2,1-4H3,(H,27,28);3H2,1-2H3/t17?,18?,19?,20?,21?,23?,24-,25?,26?;/m1./s1. The molecule has 0 aromatic heterocycles. The number of carboxylic acids is 1. The van der Waals surface area contributed by atoms with Crippen molar-refractivity contribution in [3.63, 3.8) is 0 Å². The monoisotopic (exact) mass is 430 g/mol. The molecule has 0 radical (unpaired) electrons. The Balaban J connectivity index is 0.000000730. The van der Waals surface area contributed by atoms with Crippen molar-refractivity contribution in [2.75, 3.05) is 0 Å². The molecular formula is C29H50O2. The Labute approximate surface area is 192 Å². The lowest BCUT2D eigenvalue weighted by molar-refractivity contribution is -0.227. The number of hydrogen-bond donors (Lipinski definition) is 1. The van der Waals surface area contributed by atoms with Gasteiger partial charge >= 0.3 is 5.97 Å². The first-order valence-corrected chi connectivity index (χ1v) is 13.8. The first kappa shape index (κ1) is 23.6. The summed E-state index contributed by atoms with van der Waals surface area (Å²) in [5, 5.41) is 10.2. The largest absolute Gasteiger partial charge is 0.481 e. The predicted octanol–water partition coefficient (Wildman–Crippen LogP) is 8.34. The van der Waals surface area contributed by atoms with Crippen LogP contribution in [0.25, 0.3) is 0 Å². The van der Waals surface area contributed by atoms with Crippen LogP contribution in [-0.4, -0.2) is 11.1 Å². The van der Waals surface area contributed by atoms with Crippen molar-refractivity contribution in [2.45, 2.75) is 125 Å². The van der Waals surface area contributed by atoms with E-state index in [4.69, 9.17) is 0 Å². The normalized spacial score (nSPS) is 53.2. The highest BCUT2D eigenvalue weighted by atomic mass is 16.4. The van der Waals surface area contributed by atoms with Crippen molar-refractivity contribution < 1.29 is 9.90 Å². The second kappa shape index (κ2) is 8.05. The van der Waals surface area contributed by atoms with Gasteiger partial charge in [-0.25, -0.2) is 0 Å². The van der Waals surface area contributed by atoms with Gasteiger partial charge in [0.25, 0.3) is 0 Å². The molecule has 8 unspecified atom stereocenters. The van der Waals surface area contributed by atoms with Gasteiger partial charge in [0, 0.05) is 0 Å². The van der Waals surface area contributed by atoms with Crippen LogP contribution in [0, 0.1) is 51.2 Å². The third-order valence-electron chi connectivity index (χ3n) is 12.2. The minimum absolute atomic E-state index is 0.346. The minimum Gasteiger partial charge on any atom is -0.481 e. The Bertz CT molecular complexity index is 686. The van der Waals surface area contributed by atoms with Crippen LogP contribution in [0.3, 0.4) is 0 Å². The fraction of sp³-hybridized carbons (Fsp3) is 0.966. The second-order valence-electron chi connectivity index (χ2n) is 13.3. The molecule has 0 aliphatic heterocycles. The molecule has 5 aliphatic rings. The Morgan fingerprint density at radius 2 is 1.45 bits per heavy atom. The smallest absolute Gasteiger partial charge is 0.309 e. The van der Waals surface area contributed by atoms with Gasteiger partial charge in [-0.15, -0.1) is 0 Å². The van der Waals surface area contributed by atoms with E-state index in [1.54, 1.807) is 0 Å². The van der Waals surface area contributed by atoms with Crippen molar-refractivity contribution in [3.05, 3.63) is 0 Å². The lowest BCUT2D eigenvalue weighted by Crippen LogP contribution is -2.64. The third-order valence-corrected chi connectivity index (χ3v) is 12.2. The predicted molar refractivity (Wildman–Crippen MR) is 129 cm³/mol. The third kappa shape index (κ3) is 3.12. The lowest BCUT2D eigenvalue weighted by Gasteiger charge is -2.71. The summed E-state index contributed by atoms with van der Waals surface area (Å²) in [6, 6.07) is 0. The van der Waals surface area contributed by atoms with Crippen LogP contribution in [0.1, 0.15) is 125 Å². The van der Waals surface area contributed by atoms with Crippen LogP contribution >= 0.6 is 0 Å². The van der Waals surface area contributed by atoms with Crippen LogP contribution in [0.4, 0.5) is 0 Å². The van der Waals surface area contributed by atoms with Gasteiger partial charge in [-0.1, -0.05) is 67.2 Å². The van der Waals surface area contributed by atoms with E-state index in [2.05, 4.69) is 41.5 Å². The zero-order valence-corrected chi connectivity index (χ0v) is 21.4. The summed E-state index contributed by atoms with van der Waals surface area (Å²) in [5.74, 6) is 3.28. The van der Waals surface area contributed by atoms with E-state index < -0.39 is 5.97 Å². The summed E-state index contributed by atoms with van der Waals surface area (Å²) in [6.45, 7) is 14.7. The van der Waals surface area contributed by atoms with Gasteiger partial charge in [0.2, 0.25) is 0 Å². The number of fused-ring (bicyclic) bond motifs is 7. The fourth-order valence-corrected chi connectivity index (χ4v) is 10.6. The Hall–Kier alpha value is -0.530. The molecule has 5 fully saturated rings. The molecule has 0 heterocycles. The maximum absolute atomic E-state index is 12.4. The molecular weight excluding hydrogens is 380 g/mol. The van der Waals surface area contributed by atoms with Crippen LogP contribution in [0.2, 0.25) is 0 Å². The van der Waals surface area contributed by atoms with Gasteiger partial charge in [-0.3, -0.25) is 4.79 Å². The van der Waals surface area contributed by atoms with Crippen molar-refractivity contribution >= 4 is 5.97 Å². The molecule has 2 nitrogen and oxygen atoms in total. The highest BCUT2D eigenvalue weighted by Gasteiger charge is 2.69. The lowest BCUT2D eigenvalue weighted by atomic mass is 9.33. The van der Waals surface area contributed by atoms with Crippen molar-refractivity contribution in [1.82, 2.24) is 0 Å². The van der Waals surface area contributed by atoms with Gasteiger partial charge in [0.1, 0.15) is 0 Å². The number of carbonyl (C=O) groups is 1. The molecule has 0 saturated heterocycles. The number of carboxylic acid groups (broad SMARTS) is 1. The van der Waals surface area contributed by atoms with Crippen molar-refractivity contribution in [3.8, 4) is 0 Å². The van der Waals surface area contributed by atoms with E-state index in [1.165, 1.54) is 57.8 Å². The molecule has 1 N–H and O–H groups in total. The number of hydrogen-bond acceptors (Lipinski definition) is 1. The fourth-order valence-electron chi connectivity index (χ4n) is 10.6. The van der Waals surface area contributed by atoms with Crippen LogP contribution < -0.4 is 0 Å². The Morgan fingerprint density at radius 3 is 2.13 bits per heavy atom. The summed E-state index contributed by atoms with van der Waals surface area (Å²) >= 11 is 0. The van der Waals surface area contributed by atoms with E-state index in [0.717, 1.165) is 43.4 Å². The molecule has 0 bridgehead atoms. The van der Waals surface area contributed by atoms with Gasteiger partial charge in [-0.05, 0) is 104 Å². The van der Waals surface area contributed by atoms with E-state index in [0.29, 0.717) is 28.1 Å². The van der Waals surface area contributed by atoms with Gasteiger partial charge in [0.15, 0.2) is 0 Å². The molecule has 5 aliphatic carbocycles. The summed E-state index contributed by atoms with van der Waals surface area (Å²) in [4.78, 5) is 12.4. The van der Waals surface area contributed by atoms with E-state index >= 15 is 0 Å². The van der Waals surface area contributed by atoms with Gasteiger partial charge < -0.3 is 5.11 Å². The first-order chi connectivity index (χ1) is 14.6. The summed E-state index contributed by atoms with van der Waals surface area (Å²) < 4.78 is 0. The quantitative estimate of drug-likeness (QED) is 0.454. The van der Waals surface area contributed by atoms with E-state index in [9.17, 15) is 9.90 Å². The van der Waals surface area contributed by atoms with Gasteiger partial charge in [0.05, 0.1) is 5.41 Å². The zero-order valence-electron chi connectivity index (χ0n) is 21.4. The van der Waals surface area contributed by atoms with Crippen molar-refractivity contribution in [1.29, 1.82) is 0 Å². The number of aliphatic carboxylic acids is 1. The van der Waals surface area contributed by atoms with Crippen LogP contribution in [0.5, 0.6) is 0 Å². The average Bonchev–Trinajstić information content (AvgIpc) is 3.14. The molecule has 0 amide bonds.